The summed E-state index contributed by atoms with van der Waals surface area (Å²) in [7, 11) is 6.27. The van der Waals surface area contributed by atoms with E-state index in [0.717, 1.165) is 35.4 Å². The van der Waals surface area contributed by atoms with Gasteiger partial charge in [-0.25, -0.2) is 4.79 Å². The lowest BCUT2D eigenvalue weighted by molar-refractivity contribution is 0.0596. The number of ether oxygens (including phenoxy) is 3. The highest BCUT2D eigenvalue weighted by Gasteiger charge is 2.30. The van der Waals surface area contributed by atoms with Crippen molar-refractivity contribution in [2.24, 2.45) is 7.05 Å². The van der Waals surface area contributed by atoms with Gasteiger partial charge < -0.3 is 19.1 Å². The second kappa shape index (κ2) is 10.2. The van der Waals surface area contributed by atoms with Gasteiger partial charge >= 0.3 is 5.97 Å². The molecule has 1 saturated carbocycles. The monoisotopic (exact) mass is 477 g/mol. The first kappa shape index (κ1) is 24.3. The third kappa shape index (κ3) is 5.16. The molecule has 0 spiro atoms. The van der Waals surface area contributed by atoms with Crippen molar-refractivity contribution in [3.05, 3.63) is 76.1 Å². The number of rotatable bonds is 9. The van der Waals surface area contributed by atoms with Gasteiger partial charge in [0.2, 0.25) is 0 Å². The van der Waals surface area contributed by atoms with Crippen LogP contribution in [0.4, 0.5) is 0 Å². The van der Waals surface area contributed by atoms with E-state index in [9.17, 15) is 9.59 Å². The number of para-hydroxylation sites is 1. The highest BCUT2D eigenvalue weighted by atomic mass is 16.5. The fourth-order valence-corrected chi connectivity index (χ4v) is 4.23. The third-order valence-electron chi connectivity index (χ3n) is 6.38. The molecule has 1 aliphatic carbocycles. The molecule has 0 unspecified atom stereocenters. The molecule has 2 aromatic carbocycles. The van der Waals surface area contributed by atoms with Gasteiger partial charge in [-0.2, -0.15) is 5.10 Å². The number of carbonyl (C=O) groups is 2. The van der Waals surface area contributed by atoms with E-state index in [1.807, 2.05) is 37.3 Å². The van der Waals surface area contributed by atoms with Crippen molar-refractivity contribution in [1.29, 1.82) is 0 Å². The SMILES string of the molecule is COC(=O)c1cccc(CN(Cc2ccc(OC)cc2C)C(=O)c2cc(C3CC3)nn2C)c1OC. The molecule has 3 aromatic rings. The van der Waals surface area contributed by atoms with E-state index in [-0.39, 0.29) is 12.5 Å². The van der Waals surface area contributed by atoms with E-state index in [2.05, 4.69) is 5.10 Å². The lowest BCUT2D eigenvalue weighted by atomic mass is 10.1. The lowest BCUT2D eigenvalue weighted by Crippen LogP contribution is -2.32. The van der Waals surface area contributed by atoms with Crippen LogP contribution >= 0.6 is 0 Å². The van der Waals surface area contributed by atoms with Gasteiger partial charge in [-0.05, 0) is 55.2 Å². The van der Waals surface area contributed by atoms with Crippen LogP contribution in [0.3, 0.4) is 0 Å². The Balaban J connectivity index is 1.72. The first-order chi connectivity index (χ1) is 16.9. The summed E-state index contributed by atoms with van der Waals surface area (Å²) in [4.78, 5) is 27.9. The van der Waals surface area contributed by atoms with Crippen LogP contribution in [-0.2, 0) is 24.9 Å². The number of nitrogens with zero attached hydrogens (tertiary/aromatic N) is 3. The molecule has 4 rings (SSSR count). The maximum Gasteiger partial charge on any atom is 0.341 e. The number of esters is 1. The molecule has 1 aliphatic rings. The van der Waals surface area contributed by atoms with Gasteiger partial charge in [-0.15, -0.1) is 0 Å². The largest absolute Gasteiger partial charge is 0.497 e. The molecule has 35 heavy (non-hydrogen) atoms. The summed E-state index contributed by atoms with van der Waals surface area (Å²) in [5, 5.41) is 4.58. The molecule has 0 N–H and O–H groups in total. The van der Waals surface area contributed by atoms with Crippen molar-refractivity contribution in [1.82, 2.24) is 14.7 Å². The Morgan fingerprint density at radius 1 is 1.03 bits per heavy atom. The Bertz CT molecular complexity index is 1250. The number of hydrogen-bond acceptors (Lipinski definition) is 6. The molecule has 1 amide bonds. The van der Waals surface area contributed by atoms with Crippen LogP contribution < -0.4 is 9.47 Å². The zero-order valence-electron chi connectivity index (χ0n) is 20.8. The molecule has 184 valence electrons. The Labute approximate surface area is 205 Å². The fourth-order valence-electron chi connectivity index (χ4n) is 4.23. The topological polar surface area (TPSA) is 82.9 Å². The number of methoxy groups -OCH3 is 3. The van der Waals surface area contributed by atoms with Gasteiger partial charge in [0.15, 0.2) is 0 Å². The van der Waals surface area contributed by atoms with E-state index in [1.54, 1.807) is 35.9 Å². The van der Waals surface area contributed by atoms with Crippen LogP contribution in [0.2, 0.25) is 0 Å². The van der Waals surface area contributed by atoms with E-state index in [4.69, 9.17) is 14.2 Å². The summed E-state index contributed by atoms with van der Waals surface area (Å²) in [6.07, 6.45) is 2.22. The molecule has 0 saturated heterocycles. The zero-order chi connectivity index (χ0) is 25.1. The fraction of sp³-hybridized carbons (Fsp3) is 0.370. The smallest absolute Gasteiger partial charge is 0.341 e. The van der Waals surface area contributed by atoms with Gasteiger partial charge in [-0.1, -0.05) is 18.2 Å². The normalized spacial score (nSPS) is 12.8. The highest BCUT2D eigenvalue weighted by Crippen LogP contribution is 2.39. The van der Waals surface area contributed by atoms with E-state index in [1.165, 1.54) is 14.2 Å². The Kier molecular flexibility index (Phi) is 7.10. The van der Waals surface area contributed by atoms with E-state index in [0.29, 0.717) is 35.0 Å². The minimum absolute atomic E-state index is 0.146. The molecule has 0 aliphatic heterocycles. The summed E-state index contributed by atoms with van der Waals surface area (Å²) in [5.41, 5.74) is 4.52. The average molecular weight is 478 g/mol. The molecule has 8 nitrogen and oxygen atoms in total. The number of aryl methyl sites for hydroxylation is 2. The Hall–Kier alpha value is -3.81. The van der Waals surface area contributed by atoms with Crippen molar-refractivity contribution < 1.29 is 23.8 Å². The summed E-state index contributed by atoms with van der Waals surface area (Å²) >= 11 is 0. The summed E-state index contributed by atoms with van der Waals surface area (Å²) in [5.74, 6) is 0.961. The molecule has 1 aromatic heterocycles. The van der Waals surface area contributed by atoms with Crippen LogP contribution in [0.5, 0.6) is 11.5 Å². The van der Waals surface area contributed by atoms with Gasteiger partial charge in [0.05, 0.1) is 33.6 Å². The average Bonchev–Trinajstić information content (AvgIpc) is 3.65. The molecule has 0 atom stereocenters. The van der Waals surface area contributed by atoms with Crippen molar-refractivity contribution >= 4 is 11.9 Å². The van der Waals surface area contributed by atoms with Crippen LogP contribution in [0.25, 0.3) is 0 Å². The van der Waals surface area contributed by atoms with Crippen molar-refractivity contribution in [2.45, 2.75) is 38.8 Å². The number of amides is 1. The molecule has 1 fully saturated rings. The van der Waals surface area contributed by atoms with E-state index < -0.39 is 5.97 Å². The summed E-state index contributed by atoms with van der Waals surface area (Å²) in [6.45, 7) is 2.60. The summed E-state index contributed by atoms with van der Waals surface area (Å²) < 4.78 is 17.5. The number of aromatic nitrogens is 2. The van der Waals surface area contributed by atoms with Gasteiger partial charge in [0.25, 0.3) is 5.91 Å². The summed E-state index contributed by atoms with van der Waals surface area (Å²) in [6, 6.07) is 13.0. The van der Waals surface area contributed by atoms with Crippen LogP contribution in [0.1, 0.15) is 62.0 Å². The number of carbonyl (C=O) groups excluding carboxylic acids is 2. The lowest BCUT2D eigenvalue weighted by Gasteiger charge is -2.25. The standard InChI is InChI=1S/C27H31N3O5/c1-17-13-21(33-3)12-11-19(17)15-30(26(31)24-14-23(18-9-10-18)28-29(24)2)16-20-7-6-8-22(25(20)34-4)27(32)35-5/h6-8,11-14,18H,9-10,15-16H2,1-5H3. The predicted octanol–water partition coefficient (Wildman–Crippen LogP) is 4.25. The van der Waals surface area contributed by atoms with Gasteiger partial charge in [0, 0.05) is 25.1 Å². The van der Waals surface area contributed by atoms with Gasteiger partial charge in [0.1, 0.15) is 22.8 Å². The van der Waals surface area contributed by atoms with Crippen LogP contribution in [0.15, 0.2) is 42.5 Å². The molecule has 0 bridgehead atoms. The predicted molar refractivity (Wildman–Crippen MR) is 131 cm³/mol. The number of benzene rings is 2. The molecular weight excluding hydrogens is 446 g/mol. The molecule has 8 heteroatoms. The third-order valence-corrected chi connectivity index (χ3v) is 6.38. The maximum absolute atomic E-state index is 13.8. The zero-order valence-corrected chi connectivity index (χ0v) is 20.8. The van der Waals surface area contributed by atoms with Crippen LogP contribution in [-0.4, -0.2) is 47.9 Å². The van der Waals surface area contributed by atoms with Gasteiger partial charge in [-0.3, -0.25) is 9.48 Å². The van der Waals surface area contributed by atoms with Crippen molar-refractivity contribution in [2.75, 3.05) is 21.3 Å². The first-order valence-electron chi connectivity index (χ1n) is 11.6. The van der Waals surface area contributed by atoms with Crippen LogP contribution in [0, 0.1) is 6.92 Å². The minimum Gasteiger partial charge on any atom is -0.497 e. The Morgan fingerprint density at radius 3 is 2.40 bits per heavy atom. The highest BCUT2D eigenvalue weighted by molar-refractivity contribution is 5.94. The first-order valence-corrected chi connectivity index (χ1v) is 11.6. The second-order valence-corrected chi connectivity index (χ2v) is 8.80. The molecule has 1 heterocycles. The second-order valence-electron chi connectivity index (χ2n) is 8.80. The Morgan fingerprint density at radius 2 is 1.77 bits per heavy atom. The van der Waals surface area contributed by atoms with Crippen molar-refractivity contribution in [3.8, 4) is 11.5 Å². The minimum atomic E-state index is -0.492. The quantitative estimate of drug-likeness (QED) is 0.429. The van der Waals surface area contributed by atoms with Crippen molar-refractivity contribution in [3.63, 3.8) is 0 Å². The number of hydrogen-bond donors (Lipinski definition) is 0. The maximum atomic E-state index is 13.8. The molecule has 0 radical (unpaired) electrons. The van der Waals surface area contributed by atoms with E-state index >= 15 is 0 Å². The molecular formula is C27H31N3O5.